The number of nitrogens with one attached hydrogen (secondary N) is 3. The van der Waals surface area contributed by atoms with Gasteiger partial charge in [-0.3, -0.25) is 4.79 Å². The Labute approximate surface area is 175 Å². The van der Waals surface area contributed by atoms with Gasteiger partial charge in [0.1, 0.15) is 4.90 Å². The van der Waals surface area contributed by atoms with Crippen molar-refractivity contribution in [1.82, 2.24) is 10.0 Å². The molecule has 0 heterocycles. The molecule has 0 spiro atoms. The lowest BCUT2D eigenvalue weighted by Gasteiger charge is -2.43. The molecule has 2 fully saturated rings. The summed E-state index contributed by atoms with van der Waals surface area (Å²) in [6.45, 7) is 12.1. The number of anilines is 1. The fourth-order valence-electron chi connectivity index (χ4n) is 5.43. The van der Waals surface area contributed by atoms with E-state index in [2.05, 4.69) is 36.1 Å². The molecule has 0 saturated heterocycles. The zero-order valence-corrected chi connectivity index (χ0v) is 19.5. The van der Waals surface area contributed by atoms with E-state index in [1.807, 2.05) is 0 Å². The molecule has 3 atom stereocenters. The first-order chi connectivity index (χ1) is 13.2. The molecule has 3 N–H and O–H groups in total. The van der Waals surface area contributed by atoms with Crippen LogP contribution >= 0.6 is 0 Å². The maximum Gasteiger partial charge on any atom is 0.251 e. The third-order valence-electron chi connectivity index (χ3n) is 6.79. The second-order valence-corrected chi connectivity index (χ2v) is 12.3. The fraction of sp³-hybridized carbons (Fsp3) is 0.682. The molecule has 0 radical (unpaired) electrons. The predicted molar refractivity (Wildman–Crippen MR) is 117 cm³/mol. The maximum atomic E-state index is 13.1. The molecular weight excluding hydrogens is 386 g/mol. The molecular formula is C22H35N3O3S. The Balaban J connectivity index is 1.91. The molecule has 2 bridgehead atoms. The number of hydrogen-bond acceptors (Lipinski definition) is 4. The highest BCUT2D eigenvalue weighted by Crippen LogP contribution is 2.62. The Morgan fingerprint density at radius 2 is 1.83 bits per heavy atom. The average Bonchev–Trinajstić information content (AvgIpc) is 3.07. The number of carbonyl (C=O) groups excluding carboxylic acids is 1. The molecule has 0 aromatic heterocycles. The zero-order valence-electron chi connectivity index (χ0n) is 18.6. The highest BCUT2D eigenvalue weighted by atomic mass is 32.2. The van der Waals surface area contributed by atoms with Gasteiger partial charge in [0.2, 0.25) is 10.0 Å². The third-order valence-corrected chi connectivity index (χ3v) is 8.59. The second kappa shape index (κ2) is 6.98. The van der Waals surface area contributed by atoms with Gasteiger partial charge in [0.05, 0.1) is 5.69 Å². The highest BCUT2D eigenvalue weighted by Gasteiger charge is 2.59. The van der Waals surface area contributed by atoms with Crippen molar-refractivity contribution in [3.05, 3.63) is 23.8 Å². The minimum atomic E-state index is -3.78. The lowest BCUT2D eigenvalue weighted by molar-refractivity contribution is 0.0737. The van der Waals surface area contributed by atoms with Crippen LogP contribution in [0.2, 0.25) is 0 Å². The van der Waals surface area contributed by atoms with Crippen molar-refractivity contribution in [2.45, 2.75) is 77.3 Å². The molecule has 0 aliphatic heterocycles. The van der Waals surface area contributed by atoms with Crippen molar-refractivity contribution in [2.75, 3.05) is 12.4 Å². The molecule has 1 unspecified atom stereocenters. The number of fused-ring (bicyclic) bond motifs is 2. The SMILES string of the molecule is CNc1ccc(C(=O)NC2C(C)(C)[C@H]3CC[C@@]2(C)C3)cc1S(=O)(=O)NC(C)(C)C. The van der Waals surface area contributed by atoms with E-state index >= 15 is 0 Å². The molecule has 1 aromatic rings. The molecule has 2 aliphatic rings. The molecule has 2 saturated carbocycles. The Hall–Kier alpha value is -1.60. The van der Waals surface area contributed by atoms with E-state index in [0.29, 0.717) is 17.2 Å². The first-order valence-electron chi connectivity index (χ1n) is 10.4. The number of hydrogen-bond donors (Lipinski definition) is 3. The van der Waals surface area contributed by atoms with Crippen LogP contribution in [0.1, 0.15) is 71.2 Å². The van der Waals surface area contributed by atoms with Crippen molar-refractivity contribution >= 4 is 21.6 Å². The number of sulfonamides is 1. The lowest BCUT2D eigenvalue weighted by atomic mass is 9.68. The third kappa shape index (κ3) is 4.04. The summed E-state index contributed by atoms with van der Waals surface area (Å²) in [5.41, 5.74) is 0.350. The summed E-state index contributed by atoms with van der Waals surface area (Å²) in [4.78, 5) is 13.2. The van der Waals surface area contributed by atoms with Gasteiger partial charge < -0.3 is 10.6 Å². The van der Waals surface area contributed by atoms with E-state index in [0.717, 1.165) is 12.8 Å². The summed E-state index contributed by atoms with van der Waals surface area (Å²) >= 11 is 0. The number of rotatable bonds is 5. The summed E-state index contributed by atoms with van der Waals surface area (Å²) < 4.78 is 28.5. The van der Waals surface area contributed by atoms with Crippen molar-refractivity contribution in [3.8, 4) is 0 Å². The van der Waals surface area contributed by atoms with Gasteiger partial charge in [0.25, 0.3) is 5.91 Å². The van der Waals surface area contributed by atoms with Crippen LogP contribution in [0.25, 0.3) is 0 Å². The average molecular weight is 422 g/mol. The van der Waals surface area contributed by atoms with E-state index in [1.54, 1.807) is 40.0 Å². The van der Waals surface area contributed by atoms with E-state index in [-0.39, 0.29) is 27.7 Å². The van der Waals surface area contributed by atoms with Crippen molar-refractivity contribution in [1.29, 1.82) is 0 Å². The van der Waals surface area contributed by atoms with Crippen LogP contribution in [0.15, 0.2) is 23.1 Å². The van der Waals surface area contributed by atoms with Gasteiger partial charge in [-0.1, -0.05) is 20.8 Å². The Kier molecular flexibility index (Phi) is 5.32. The minimum absolute atomic E-state index is 0.0380. The van der Waals surface area contributed by atoms with Crippen molar-refractivity contribution in [3.63, 3.8) is 0 Å². The van der Waals surface area contributed by atoms with Crippen LogP contribution in [0.4, 0.5) is 5.69 Å². The normalized spacial score (nSPS) is 28.4. The predicted octanol–water partition coefficient (Wildman–Crippen LogP) is 3.75. The number of amides is 1. The van der Waals surface area contributed by atoms with E-state index in [4.69, 9.17) is 0 Å². The van der Waals surface area contributed by atoms with Gasteiger partial charge in [-0.25, -0.2) is 13.1 Å². The van der Waals surface area contributed by atoms with Crippen molar-refractivity contribution < 1.29 is 13.2 Å². The Bertz CT molecular complexity index is 913. The lowest BCUT2D eigenvalue weighted by Crippen LogP contribution is -2.52. The van der Waals surface area contributed by atoms with Crippen LogP contribution in [0, 0.1) is 16.7 Å². The maximum absolute atomic E-state index is 13.1. The summed E-state index contributed by atoms with van der Waals surface area (Å²) in [6.07, 6.45) is 3.48. The first-order valence-corrected chi connectivity index (χ1v) is 11.8. The topological polar surface area (TPSA) is 87.3 Å². The van der Waals surface area contributed by atoms with Crippen LogP contribution < -0.4 is 15.4 Å². The quantitative estimate of drug-likeness (QED) is 0.676. The molecule has 1 aromatic carbocycles. The van der Waals surface area contributed by atoms with Gasteiger partial charge in [-0.2, -0.15) is 0 Å². The van der Waals surface area contributed by atoms with Crippen LogP contribution in [0.3, 0.4) is 0 Å². The van der Waals surface area contributed by atoms with E-state index in [1.165, 1.54) is 12.5 Å². The highest BCUT2D eigenvalue weighted by molar-refractivity contribution is 7.89. The van der Waals surface area contributed by atoms with Gasteiger partial charge in [0, 0.05) is 24.2 Å². The van der Waals surface area contributed by atoms with Gasteiger partial charge >= 0.3 is 0 Å². The van der Waals surface area contributed by atoms with E-state index in [9.17, 15) is 13.2 Å². The summed E-state index contributed by atoms with van der Waals surface area (Å²) in [7, 11) is -2.11. The van der Waals surface area contributed by atoms with Crippen LogP contribution in [0.5, 0.6) is 0 Å². The first kappa shape index (κ1) is 22.1. The summed E-state index contributed by atoms with van der Waals surface area (Å²) in [6, 6.07) is 4.88. The molecule has 29 heavy (non-hydrogen) atoms. The van der Waals surface area contributed by atoms with Gasteiger partial charge in [-0.15, -0.1) is 0 Å². The smallest absolute Gasteiger partial charge is 0.251 e. The molecule has 2 aliphatic carbocycles. The zero-order chi connectivity index (χ0) is 21.8. The van der Waals surface area contributed by atoms with Crippen LogP contribution in [-0.4, -0.2) is 33.0 Å². The fourth-order valence-corrected chi connectivity index (χ4v) is 7.09. The Morgan fingerprint density at radius 1 is 1.17 bits per heavy atom. The molecule has 7 heteroatoms. The minimum Gasteiger partial charge on any atom is -0.387 e. The molecule has 162 valence electrons. The molecule has 6 nitrogen and oxygen atoms in total. The monoisotopic (exact) mass is 421 g/mol. The number of benzene rings is 1. The summed E-state index contributed by atoms with van der Waals surface area (Å²) in [5.74, 6) is 0.406. The van der Waals surface area contributed by atoms with Gasteiger partial charge in [0.15, 0.2) is 0 Å². The van der Waals surface area contributed by atoms with Gasteiger partial charge in [-0.05, 0) is 75.0 Å². The van der Waals surface area contributed by atoms with Crippen molar-refractivity contribution in [2.24, 2.45) is 16.7 Å². The van der Waals surface area contributed by atoms with Crippen LogP contribution in [-0.2, 0) is 10.0 Å². The Morgan fingerprint density at radius 3 is 2.34 bits per heavy atom. The summed E-state index contributed by atoms with van der Waals surface area (Å²) in [5, 5.41) is 6.16. The number of carbonyl (C=O) groups is 1. The molecule has 3 rings (SSSR count). The second-order valence-electron chi connectivity index (χ2n) is 10.6. The van der Waals surface area contributed by atoms with E-state index < -0.39 is 15.6 Å². The molecule has 1 amide bonds. The standard InChI is InChI=1S/C22H35N3O3S/c1-20(2,3)25-29(27,28)17-12-14(8-9-16(17)23-7)18(26)24-19-21(4,5)15-10-11-22(19,6)13-15/h8-9,12,15,19,23,25H,10-11,13H2,1-7H3,(H,24,26)/t15-,19?,22-/m0/s1. The largest absolute Gasteiger partial charge is 0.387 e.